The normalized spacial score (nSPS) is 17.4. The van der Waals surface area contributed by atoms with E-state index in [9.17, 15) is 14.0 Å². The summed E-state index contributed by atoms with van der Waals surface area (Å²) < 4.78 is 12.9. The Morgan fingerprint density at radius 2 is 1.86 bits per heavy atom. The van der Waals surface area contributed by atoms with Gasteiger partial charge in [-0.3, -0.25) is 9.69 Å². The van der Waals surface area contributed by atoms with Crippen molar-refractivity contribution in [2.75, 3.05) is 23.3 Å². The van der Waals surface area contributed by atoms with E-state index >= 15 is 0 Å². The van der Waals surface area contributed by atoms with Gasteiger partial charge in [0.05, 0.1) is 18.3 Å². The van der Waals surface area contributed by atoms with Gasteiger partial charge in [0.15, 0.2) is 0 Å². The smallest absolute Gasteiger partial charge is 0.324 e. The van der Waals surface area contributed by atoms with Gasteiger partial charge in [-0.05, 0) is 42.7 Å². The minimum absolute atomic E-state index is 0.0208. The van der Waals surface area contributed by atoms with Crippen molar-refractivity contribution in [2.24, 2.45) is 0 Å². The Labute approximate surface area is 163 Å². The van der Waals surface area contributed by atoms with Crippen LogP contribution in [0.1, 0.15) is 31.2 Å². The standard InChI is InChI=1S/C21H23FN4O2/c22-16-7-5-15(6-8-16)13-20(27)24-17-9-10-19(23-14-17)26-12-11-25(21(26)28)18-3-1-2-4-18/h5-10,14,18H,1-4,11-13H2,(H,24,27). The fourth-order valence-corrected chi connectivity index (χ4v) is 3.93. The van der Waals surface area contributed by atoms with Crippen LogP contribution in [0.4, 0.5) is 20.7 Å². The molecule has 1 aliphatic heterocycles. The van der Waals surface area contributed by atoms with Crippen LogP contribution in [0.5, 0.6) is 0 Å². The molecular formula is C21H23FN4O2. The molecule has 7 heteroatoms. The van der Waals surface area contributed by atoms with Gasteiger partial charge < -0.3 is 10.2 Å². The molecule has 1 N–H and O–H groups in total. The summed E-state index contributed by atoms with van der Waals surface area (Å²) in [6, 6.07) is 9.73. The summed E-state index contributed by atoms with van der Waals surface area (Å²) in [4.78, 5) is 32.9. The van der Waals surface area contributed by atoms with E-state index in [0.717, 1.165) is 24.9 Å². The summed E-state index contributed by atoms with van der Waals surface area (Å²) in [7, 11) is 0. The Morgan fingerprint density at radius 3 is 2.54 bits per heavy atom. The molecule has 0 atom stereocenters. The van der Waals surface area contributed by atoms with Crippen molar-refractivity contribution in [2.45, 2.75) is 38.1 Å². The zero-order chi connectivity index (χ0) is 19.5. The second kappa shape index (κ2) is 7.96. The van der Waals surface area contributed by atoms with E-state index in [2.05, 4.69) is 10.3 Å². The number of halogens is 1. The molecule has 0 bridgehead atoms. The van der Waals surface area contributed by atoms with Gasteiger partial charge >= 0.3 is 6.03 Å². The third-order valence-corrected chi connectivity index (χ3v) is 5.39. The van der Waals surface area contributed by atoms with Crippen molar-refractivity contribution in [1.29, 1.82) is 0 Å². The predicted octanol–water partition coefficient (Wildman–Crippen LogP) is 3.59. The number of anilines is 2. The quantitative estimate of drug-likeness (QED) is 0.860. The molecule has 28 heavy (non-hydrogen) atoms. The zero-order valence-electron chi connectivity index (χ0n) is 15.6. The van der Waals surface area contributed by atoms with E-state index in [1.54, 1.807) is 35.4 Å². The van der Waals surface area contributed by atoms with Gasteiger partial charge in [0.2, 0.25) is 5.91 Å². The molecule has 2 heterocycles. The van der Waals surface area contributed by atoms with Gasteiger partial charge in [-0.25, -0.2) is 14.2 Å². The van der Waals surface area contributed by atoms with Crippen LogP contribution in [0.15, 0.2) is 42.6 Å². The Balaban J connectivity index is 1.35. The first-order valence-corrected chi connectivity index (χ1v) is 9.68. The second-order valence-electron chi connectivity index (χ2n) is 7.32. The van der Waals surface area contributed by atoms with E-state index in [1.165, 1.54) is 25.0 Å². The Kier molecular flexibility index (Phi) is 5.23. The molecule has 1 aromatic heterocycles. The summed E-state index contributed by atoms with van der Waals surface area (Å²) in [6.45, 7) is 1.37. The van der Waals surface area contributed by atoms with Crippen molar-refractivity contribution in [3.63, 3.8) is 0 Å². The summed E-state index contributed by atoms with van der Waals surface area (Å²) in [6.07, 6.45) is 6.28. The number of aromatic nitrogens is 1. The summed E-state index contributed by atoms with van der Waals surface area (Å²) >= 11 is 0. The zero-order valence-corrected chi connectivity index (χ0v) is 15.6. The van der Waals surface area contributed by atoms with E-state index in [0.29, 0.717) is 24.1 Å². The molecule has 4 rings (SSSR count). The van der Waals surface area contributed by atoms with Crippen molar-refractivity contribution >= 4 is 23.4 Å². The molecular weight excluding hydrogens is 359 g/mol. The van der Waals surface area contributed by atoms with E-state index in [4.69, 9.17) is 0 Å². The van der Waals surface area contributed by atoms with Gasteiger partial charge in [-0.2, -0.15) is 0 Å². The lowest BCUT2D eigenvalue weighted by molar-refractivity contribution is -0.115. The van der Waals surface area contributed by atoms with Gasteiger partial charge in [0.1, 0.15) is 11.6 Å². The molecule has 2 fully saturated rings. The first kappa shape index (κ1) is 18.4. The third-order valence-electron chi connectivity index (χ3n) is 5.39. The van der Waals surface area contributed by atoms with E-state index in [-0.39, 0.29) is 24.2 Å². The second-order valence-corrected chi connectivity index (χ2v) is 7.32. The number of nitrogens with one attached hydrogen (secondary N) is 1. The monoisotopic (exact) mass is 382 g/mol. The molecule has 3 amide bonds. The molecule has 6 nitrogen and oxygen atoms in total. The number of carbonyl (C=O) groups is 2. The molecule has 0 unspecified atom stereocenters. The molecule has 1 aliphatic carbocycles. The number of hydrogen-bond donors (Lipinski definition) is 1. The van der Waals surface area contributed by atoms with Gasteiger partial charge in [-0.15, -0.1) is 0 Å². The Hall–Kier alpha value is -2.96. The highest BCUT2D eigenvalue weighted by Crippen LogP contribution is 2.28. The number of pyridine rings is 1. The summed E-state index contributed by atoms with van der Waals surface area (Å²) in [5.41, 5.74) is 1.30. The van der Waals surface area contributed by atoms with E-state index in [1.807, 2.05) is 4.90 Å². The minimum atomic E-state index is -0.327. The third kappa shape index (κ3) is 3.98. The first-order chi connectivity index (χ1) is 13.6. The van der Waals surface area contributed by atoms with E-state index < -0.39 is 0 Å². The summed E-state index contributed by atoms with van der Waals surface area (Å²) in [5.74, 6) is 0.0692. The number of urea groups is 1. The number of rotatable bonds is 5. The summed E-state index contributed by atoms with van der Waals surface area (Å²) in [5, 5.41) is 2.78. The number of amides is 3. The van der Waals surface area contributed by atoms with Crippen LogP contribution in [0.3, 0.4) is 0 Å². The largest absolute Gasteiger partial charge is 0.326 e. The number of nitrogens with zero attached hydrogens (tertiary/aromatic N) is 3. The van der Waals surface area contributed by atoms with Crippen LogP contribution in [0.2, 0.25) is 0 Å². The fourth-order valence-electron chi connectivity index (χ4n) is 3.93. The highest BCUT2D eigenvalue weighted by Gasteiger charge is 2.36. The average Bonchev–Trinajstić information content (AvgIpc) is 3.34. The van der Waals surface area contributed by atoms with Gasteiger partial charge in [-0.1, -0.05) is 25.0 Å². The van der Waals surface area contributed by atoms with Crippen LogP contribution in [-0.2, 0) is 11.2 Å². The molecule has 1 saturated heterocycles. The van der Waals surface area contributed by atoms with Crippen molar-refractivity contribution < 1.29 is 14.0 Å². The van der Waals surface area contributed by atoms with Crippen LogP contribution in [-0.4, -0.2) is 41.0 Å². The number of hydrogen-bond acceptors (Lipinski definition) is 3. The lowest BCUT2D eigenvalue weighted by Gasteiger charge is -2.23. The first-order valence-electron chi connectivity index (χ1n) is 9.68. The highest BCUT2D eigenvalue weighted by atomic mass is 19.1. The molecule has 0 radical (unpaired) electrons. The fraction of sp³-hybridized carbons (Fsp3) is 0.381. The van der Waals surface area contributed by atoms with Crippen molar-refractivity contribution in [3.05, 3.63) is 54.0 Å². The maximum atomic E-state index is 12.9. The SMILES string of the molecule is O=C(Cc1ccc(F)cc1)Nc1ccc(N2CCN(C3CCCC3)C2=O)nc1. The van der Waals surface area contributed by atoms with Crippen LogP contribution in [0.25, 0.3) is 0 Å². The van der Waals surface area contributed by atoms with Gasteiger partial charge in [0, 0.05) is 19.1 Å². The number of carbonyl (C=O) groups excluding carboxylic acids is 2. The number of benzene rings is 1. The topological polar surface area (TPSA) is 65.5 Å². The predicted molar refractivity (Wildman–Crippen MR) is 105 cm³/mol. The molecule has 0 spiro atoms. The lowest BCUT2D eigenvalue weighted by Crippen LogP contribution is -2.38. The molecule has 146 valence electrons. The molecule has 2 aliphatic rings. The lowest BCUT2D eigenvalue weighted by atomic mass is 10.1. The maximum absolute atomic E-state index is 12.9. The molecule has 2 aromatic rings. The van der Waals surface area contributed by atoms with Crippen LogP contribution >= 0.6 is 0 Å². The van der Waals surface area contributed by atoms with Crippen molar-refractivity contribution in [1.82, 2.24) is 9.88 Å². The Morgan fingerprint density at radius 1 is 1.11 bits per heavy atom. The highest BCUT2D eigenvalue weighted by molar-refractivity contribution is 5.94. The molecule has 1 aromatic carbocycles. The van der Waals surface area contributed by atoms with Crippen molar-refractivity contribution in [3.8, 4) is 0 Å². The Bertz CT molecular complexity index is 848. The maximum Gasteiger partial charge on any atom is 0.326 e. The average molecular weight is 382 g/mol. The van der Waals surface area contributed by atoms with Gasteiger partial charge in [0.25, 0.3) is 0 Å². The van der Waals surface area contributed by atoms with Crippen LogP contribution in [0, 0.1) is 5.82 Å². The van der Waals surface area contributed by atoms with Crippen LogP contribution < -0.4 is 10.2 Å². The minimum Gasteiger partial charge on any atom is -0.324 e. The molecule has 1 saturated carbocycles.